The van der Waals surface area contributed by atoms with Crippen molar-refractivity contribution in [2.45, 2.75) is 52.4 Å². The minimum Gasteiger partial charge on any atom is -0.459 e. The molecule has 0 unspecified atom stereocenters. The molecule has 2 atom stereocenters. The third-order valence-corrected chi connectivity index (χ3v) is 3.14. The monoisotopic (exact) mass is 266 g/mol. The van der Waals surface area contributed by atoms with E-state index in [1.165, 1.54) is 0 Å². The number of rotatable bonds is 5. The molecule has 106 valence electrons. The van der Waals surface area contributed by atoms with Gasteiger partial charge in [-0.1, -0.05) is 13.8 Å². The van der Waals surface area contributed by atoms with Gasteiger partial charge in [-0.15, -0.1) is 0 Å². The van der Waals surface area contributed by atoms with Crippen molar-refractivity contribution in [2.75, 3.05) is 6.61 Å². The fourth-order valence-corrected chi connectivity index (χ4v) is 2.20. The second kappa shape index (κ2) is 6.19. The predicted octanol–water partition coefficient (Wildman–Crippen LogP) is 2.26. The van der Waals surface area contributed by atoms with Crippen LogP contribution in [0, 0.1) is 5.92 Å². The lowest BCUT2D eigenvalue weighted by Gasteiger charge is -2.10. The van der Waals surface area contributed by atoms with E-state index in [0.717, 1.165) is 19.4 Å². The summed E-state index contributed by atoms with van der Waals surface area (Å²) in [6.45, 7) is 7.39. The standard InChI is InChI=1S/C14H22N2O3/c1-10(2)7-16-8-12(6-15-16)14(17)18-9-13-5-4-11(3)19-13/h6,8,10-11,13H,4-5,7,9H2,1-3H3/t11-,13+/m1/s1. The normalized spacial score (nSPS) is 22.9. The molecule has 1 aliphatic rings. The number of aromatic nitrogens is 2. The van der Waals surface area contributed by atoms with Crippen LogP contribution in [0.15, 0.2) is 12.4 Å². The zero-order chi connectivity index (χ0) is 13.8. The first-order valence-corrected chi connectivity index (χ1v) is 6.89. The summed E-state index contributed by atoms with van der Waals surface area (Å²) in [7, 11) is 0. The Morgan fingerprint density at radius 2 is 2.37 bits per heavy atom. The van der Waals surface area contributed by atoms with E-state index < -0.39 is 0 Å². The molecule has 1 aromatic heterocycles. The summed E-state index contributed by atoms with van der Waals surface area (Å²) < 4.78 is 12.6. The molecule has 1 aromatic rings. The second-order valence-corrected chi connectivity index (χ2v) is 5.59. The van der Waals surface area contributed by atoms with E-state index in [4.69, 9.17) is 9.47 Å². The molecule has 0 N–H and O–H groups in total. The highest BCUT2D eigenvalue weighted by Crippen LogP contribution is 2.19. The molecule has 1 saturated heterocycles. The van der Waals surface area contributed by atoms with Crippen LogP contribution in [-0.2, 0) is 16.0 Å². The number of carbonyl (C=O) groups is 1. The Bertz CT molecular complexity index is 428. The van der Waals surface area contributed by atoms with Crippen LogP contribution >= 0.6 is 0 Å². The molecule has 1 fully saturated rings. The fourth-order valence-electron chi connectivity index (χ4n) is 2.20. The number of nitrogens with zero attached hydrogens (tertiary/aromatic N) is 2. The number of carbonyl (C=O) groups excluding carboxylic acids is 1. The molecule has 2 rings (SSSR count). The fraction of sp³-hybridized carbons (Fsp3) is 0.714. The Balaban J connectivity index is 1.81. The van der Waals surface area contributed by atoms with Gasteiger partial charge in [0.2, 0.25) is 0 Å². The van der Waals surface area contributed by atoms with Crippen molar-refractivity contribution in [3.05, 3.63) is 18.0 Å². The summed E-state index contributed by atoms with van der Waals surface area (Å²) >= 11 is 0. The molecule has 0 aromatic carbocycles. The van der Waals surface area contributed by atoms with Gasteiger partial charge < -0.3 is 9.47 Å². The van der Waals surface area contributed by atoms with Gasteiger partial charge in [0, 0.05) is 12.7 Å². The van der Waals surface area contributed by atoms with Gasteiger partial charge in [-0.05, 0) is 25.7 Å². The van der Waals surface area contributed by atoms with Crippen LogP contribution in [0.4, 0.5) is 0 Å². The van der Waals surface area contributed by atoms with Gasteiger partial charge >= 0.3 is 5.97 Å². The van der Waals surface area contributed by atoms with Crippen LogP contribution in [0.3, 0.4) is 0 Å². The largest absolute Gasteiger partial charge is 0.459 e. The van der Waals surface area contributed by atoms with Crippen molar-refractivity contribution < 1.29 is 14.3 Å². The lowest BCUT2D eigenvalue weighted by Crippen LogP contribution is -2.18. The Morgan fingerprint density at radius 3 is 3.00 bits per heavy atom. The van der Waals surface area contributed by atoms with Crippen molar-refractivity contribution in [3.8, 4) is 0 Å². The van der Waals surface area contributed by atoms with Gasteiger partial charge in [0.1, 0.15) is 6.61 Å². The smallest absolute Gasteiger partial charge is 0.341 e. The first kappa shape index (κ1) is 14.1. The van der Waals surface area contributed by atoms with Gasteiger partial charge in [-0.2, -0.15) is 5.10 Å². The molecular formula is C14H22N2O3. The van der Waals surface area contributed by atoms with Gasteiger partial charge in [0.15, 0.2) is 0 Å². The van der Waals surface area contributed by atoms with E-state index in [9.17, 15) is 4.79 Å². The van der Waals surface area contributed by atoms with Crippen LogP contribution in [0.5, 0.6) is 0 Å². The lowest BCUT2D eigenvalue weighted by atomic mass is 10.2. The molecule has 0 radical (unpaired) electrons. The average Bonchev–Trinajstić information content (AvgIpc) is 2.95. The van der Waals surface area contributed by atoms with E-state index in [1.54, 1.807) is 17.1 Å². The minimum absolute atomic E-state index is 0.0460. The van der Waals surface area contributed by atoms with Crippen LogP contribution in [0.2, 0.25) is 0 Å². The molecule has 5 nitrogen and oxygen atoms in total. The van der Waals surface area contributed by atoms with E-state index in [0.29, 0.717) is 18.1 Å². The molecule has 2 heterocycles. The summed E-state index contributed by atoms with van der Waals surface area (Å²) in [5.41, 5.74) is 0.506. The summed E-state index contributed by atoms with van der Waals surface area (Å²) in [5.74, 6) is 0.176. The van der Waals surface area contributed by atoms with Crippen LogP contribution in [0.25, 0.3) is 0 Å². The maximum absolute atomic E-state index is 11.9. The van der Waals surface area contributed by atoms with Crippen LogP contribution in [-0.4, -0.2) is 34.6 Å². The number of hydrogen-bond donors (Lipinski definition) is 0. The maximum atomic E-state index is 11.9. The molecule has 0 bridgehead atoms. The molecular weight excluding hydrogens is 244 g/mol. The zero-order valence-electron chi connectivity index (χ0n) is 11.8. The topological polar surface area (TPSA) is 53.4 Å². The molecule has 0 aliphatic carbocycles. The number of esters is 1. The van der Waals surface area contributed by atoms with Crippen molar-refractivity contribution in [3.63, 3.8) is 0 Å². The molecule has 0 amide bonds. The van der Waals surface area contributed by atoms with Crippen molar-refractivity contribution in [1.29, 1.82) is 0 Å². The van der Waals surface area contributed by atoms with Crippen molar-refractivity contribution in [1.82, 2.24) is 9.78 Å². The van der Waals surface area contributed by atoms with Crippen molar-refractivity contribution >= 4 is 5.97 Å². The van der Waals surface area contributed by atoms with E-state index >= 15 is 0 Å². The first-order valence-electron chi connectivity index (χ1n) is 6.89. The molecule has 1 aliphatic heterocycles. The SMILES string of the molecule is CC(C)Cn1cc(C(=O)OC[C@@H]2CC[C@@H](C)O2)cn1. The Kier molecular flexibility index (Phi) is 4.58. The average molecular weight is 266 g/mol. The highest BCUT2D eigenvalue weighted by molar-refractivity contribution is 5.88. The van der Waals surface area contributed by atoms with Crippen LogP contribution in [0.1, 0.15) is 44.0 Å². The van der Waals surface area contributed by atoms with E-state index in [1.807, 2.05) is 6.92 Å². The third kappa shape index (κ3) is 4.06. The third-order valence-electron chi connectivity index (χ3n) is 3.14. The Morgan fingerprint density at radius 1 is 1.58 bits per heavy atom. The number of hydrogen-bond acceptors (Lipinski definition) is 4. The highest BCUT2D eigenvalue weighted by atomic mass is 16.6. The Hall–Kier alpha value is -1.36. The zero-order valence-corrected chi connectivity index (χ0v) is 11.8. The van der Waals surface area contributed by atoms with E-state index in [-0.39, 0.29) is 18.2 Å². The van der Waals surface area contributed by atoms with E-state index in [2.05, 4.69) is 18.9 Å². The lowest BCUT2D eigenvalue weighted by molar-refractivity contribution is -0.00266. The Labute approximate surface area is 113 Å². The van der Waals surface area contributed by atoms with Gasteiger partial charge in [-0.25, -0.2) is 4.79 Å². The predicted molar refractivity (Wildman–Crippen MR) is 70.9 cm³/mol. The van der Waals surface area contributed by atoms with Gasteiger partial charge in [0.25, 0.3) is 0 Å². The highest BCUT2D eigenvalue weighted by Gasteiger charge is 2.23. The molecule has 0 saturated carbocycles. The molecule has 5 heteroatoms. The second-order valence-electron chi connectivity index (χ2n) is 5.59. The minimum atomic E-state index is -0.321. The number of ether oxygens (including phenoxy) is 2. The quantitative estimate of drug-likeness (QED) is 0.767. The van der Waals surface area contributed by atoms with Gasteiger partial charge in [0.05, 0.1) is 24.0 Å². The van der Waals surface area contributed by atoms with Crippen LogP contribution < -0.4 is 0 Å². The first-order chi connectivity index (χ1) is 9.04. The summed E-state index contributed by atoms with van der Waals surface area (Å²) in [6.07, 6.45) is 5.61. The van der Waals surface area contributed by atoms with Gasteiger partial charge in [-0.3, -0.25) is 4.68 Å². The van der Waals surface area contributed by atoms with Crippen molar-refractivity contribution in [2.24, 2.45) is 5.92 Å². The summed E-state index contributed by atoms with van der Waals surface area (Å²) in [6, 6.07) is 0. The molecule has 19 heavy (non-hydrogen) atoms. The molecule has 0 spiro atoms. The summed E-state index contributed by atoms with van der Waals surface area (Å²) in [5, 5.41) is 4.15. The summed E-state index contributed by atoms with van der Waals surface area (Å²) in [4.78, 5) is 11.9. The maximum Gasteiger partial charge on any atom is 0.341 e.